The number of amides is 1. The number of carbonyl (C=O) groups is 1. The molecule has 1 N–H and O–H groups in total. The normalized spacial score (nSPS) is 10.7. The van der Waals surface area contributed by atoms with Crippen molar-refractivity contribution in [3.63, 3.8) is 0 Å². The molecule has 0 aliphatic carbocycles. The van der Waals surface area contributed by atoms with E-state index in [4.69, 9.17) is 4.42 Å². The lowest BCUT2D eigenvalue weighted by Crippen LogP contribution is -2.17. The first-order chi connectivity index (χ1) is 9.56. The van der Waals surface area contributed by atoms with Crippen molar-refractivity contribution in [3.05, 3.63) is 56.5 Å². The Kier molecular flexibility index (Phi) is 4.20. The third kappa shape index (κ3) is 3.48. The molecule has 0 saturated carbocycles. The van der Waals surface area contributed by atoms with Gasteiger partial charge in [0.15, 0.2) is 5.76 Å². The molecule has 2 aromatic heterocycles. The van der Waals surface area contributed by atoms with Crippen molar-refractivity contribution in [2.24, 2.45) is 5.10 Å². The number of hydrogen-bond donors (Lipinski definition) is 1. The van der Waals surface area contributed by atoms with Gasteiger partial charge in [-0.05, 0) is 28.1 Å². The van der Waals surface area contributed by atoms with Crippen molar-refractivity contribution in [2.75, 3.05) is 0 Å². The third-order valence-corrected chi connectivity index (χ3v) is 2.55. The van der Waals surface area contributed by atoms with Gasteiger partial charge in [0, 0.05) is 16.9 Å². The van der Waals surface area contributed by atoms with Crippen LogP contribution >= 0.6 is 15.9 Å². The van der Waals surface area contributed by atoms with E-state index in [1.54, 1.807) is 12.3 Å². The third-order valence-electron chi connectivity index (χ3n) is 2.12. The molecule has 2 rings (SSSR count). The highest BCUT2D eigenvalue weighted by Crippen LogP contribution is 2.13. The molecule has 0 saturated heterocycles. The number of aromatic nitrogens is 1. The largest absolute Gasteiger partial charge is 0.433 e. The smallest absolute Gasteiger partial charge is 0.400 e. The Hall–Kier alpha value is -2.55. The average Bonchev–Trinajstić information content (AvgIpc) is 2.87. The Bertz CT molecular complexity index is 683. The molecule has 0 spiro atoms. The monoisotopic (exact) mass is 338 g/mol. The summed E-state index contributed by atoms with van der Waals surface area (Å²) in [7, 11) is 0. The zero-order valence-corrected chi connectivity index (χ0v) is 11.4. The Morgan fingerprint density at radius 3 is 2.95 bits per heavy atom. The first-order valence-electron chi connectivity index (χ1n) is 5.24. The van der Waals surface area contributed by atoms with E-state index < -0.39 is 16.7 Å². The van der Waals surface area contributed by atoms with Crippen LogP contribution in [0.25, 0.3) is 0 Å². The molecular weight excluding hydrogens is 332 g/mol. The van der Waals surface area contributed by atoms with E-state index in [2.05, 4.69) is 31.4 Å². The van der Waals surface area contributed by atoms with Crippen LogP contribution in [0.15, 0.2) is 44.6 Å². The molecule has 0 aromatic carbocycles. The second-order valence-electron chi connectivity index (χ2n) is 3.52. The summed E-state index contributed by atoms with van der Waals surface area (Å²) in [6.45, 7) is 0. The van der Waals surface area contributed by atoms with Crippen molar-refractivity contribution in [3.8, 4) is 0 Å². The van der Waals surface area contributed by atoms with Crippen LogP contribution in [-0.4, -0.2) is 22.0 Å². The van der Waals surface area contributed by atoms with E-state index in [-0.39, 0.29) is 5.76 Å². The van der Waals surface area contributed by atoms with Gasteiger partial charge in [-0.25, -0.2) is 5.43 Å². The number of nitrogens with one attached hydrogen (secondary N) is 1. The highest BCUT2D eigenvalue weighted by atomic mass is 79.9. The van der Waals surface area contributed by atoms with Crippen LogP contribution in [0.1, 0.15) is 16.1 Å². The Morgan fingerprint density at radius 1 is 1.50 bits per heavy atom. The maximum absolute atomic E-state index is 11.7. The first-order valence-corrected chi connectivity index (χ1v) is 6.04. The second kappa shape index (κ2) is 6.06. The molecule has 0 aliphatic heterocycles. The molecule has 0 radical (unpaired) electrons. The molecule has 0 unspecified atom stereocenters. The van der Waals surface area contributed by atoms with Crippen molar-refractivity contribution in [2.45, 2.75) is 0 Å². The summed E-state index contributed by atoms with van der Waals surface area (Å²) in [6, 6.07) is 4.14. The number of halogens is 1. The van der Waals surface area contributed by atoms with Gasteiger partial charge in [0.1, 0.15) is 4.92 Å². The summed E-state index contributed by atoms with van der Waals surface area (Å²) >= 11 is 3.19. The molecule has 0 aliphatic rings. The molecule has 102 valence electrons. The van der Waals surface area contributed by atoms with Crippen LogP contribution in [0.3, 0.4) is 0 Å². The van der Waals surface area contributed by atoms with Gasteiger partial charge >= 0.3 is 5.88 Å². The lowest BCUT2D eigenvalue weighted by Gasteiger charge is -1.98. The fourth-order valence-electron chi connectivity index (χ4n) is 1.26. The number of nitrogens with zero attached hydrogens (tertiary/aromatic N) is 3. The summed E-state index contributed by atoms with van der Waals surface area (Å²) in [5, 5.41) is 14.0. The summed E-state index contributed by atoms with van der Waals surface area (Å²) in [4.78, 5) is 25.3. The van der Waals surface area contributed by atoms with E-state index in [1.807, 2.05) is 0 Å². The van der Waals surface area contributed by atoms with Crippen molar-refractivity contribution >= 4 is 33.9 Å². The van der Waals surface area contributed by atoms with Gasteiger partial charge < -0.3 is 4.42 Å². The molecule has 2 aromatic rings. The summed E-state index contributed by atoms with van der Waals surface area (Å²) in [6.07, 6.45) is 4.09. The number of pyridine rings is 1. The van der Waals surface area contributed by atoms with E-state index in [0.29, 0.717) is 10.0 Å². The number of hydrogen-bond acceptors (Lipinski definition) is 6. The van der Waals surface area contributed by atoms with Crippen molar-refractivity contribution in [1.82, 2.24) is 10.4 Å². The molecule has 9 heteroatoms. The number of hydrazone groups is 1. The van der Waals surface area contributed by atoms with Crippen LogP contribution in [0.5, 0.6) is 0 Å². The zero-order valence-electron chi connectivity index (χ0n) is 9.82. The number of furan rings is 1. The molecule has 8 nitrogen and oxygen atoms in total. The predicted octanol–water partition coefficient (Wildman–Crippen LogP) is 2.11. The van der Waals surface area contributed by atoms with Crippen LogP contribution in [0.2, 0.25) is 0 Å². The van der Waals surface area contributed by atoms with Gasteiger partial charge in [-0.2, -0.15) is 5.10 Å². The van der Waals surface area contributed by atoms with Crippen LogP contribution in [0, 0.1) is 10.1 Å². The predicted molar refractivity (Wildman–Crippen MR) is 72.4 cm³/mol. The van der Waals surface area contributed by atoms with Crippen molar-refractivity contribution < 1.29 is 14.1 Å². The first kappa shape index (κ1) is 13.9. The minimum atomic E-state index is -0.664. The van der Waals surface area contributed by atoms with Gasteiger partial charge in [0.2, 0.25) is 0 Å². The molecular formula is C11H7BrN4O4. The molecule has 0 atom stereocenters. The van der Waals surface area contributed by atoms with E-state index in [9.17, 15) is 14.9 Å². The maximum atomic E-state index is 11.7. The van der Waals surface area contributed by atoms with Crippen LogP contribution in [0.4, 0.5) is 5.88 Å². The fourth-order valence-corrected chi connectivity index (χ4v) is 1.63. The van der Waals surface area contributed by atoms with E-state index in [1.165, 1.54) is 18.3 Å². The second-order valence-corrected chi connectivity index (χ2v) is 4.44. The van der Waals surface area contributed by atoms with Crippen LogP contribution < -0.4 is 5.43 Å². The lowest BCUT2D eigenvalue weighted by atomic mass is 10.3. The Labute approximate surface area is 120 Å². The van der Waals surface area contributed by atoms with E-state index in [0.717, 1.165) is 6.21 Å². The quantitative estimate of drug-likeness (QED) is 0.521. The maximum Gasteiger partial charge on any atom is 0.433 e. The average molecular weight is 339 g/mol. The fraction of sp³-hybridized carbons (Fsp3) is 0. The number of carbonyl (C=O) groups excluding carboxylic acids is 1. The molecule has 20 heavy (non-hydrogen) atoms. The highest BCUT2D eigenvalue weighted by Gasteiger charge is 2.10. The topological polar surface area (TPSA) is 111 Å². The molecule has 0 bridgehead atoms. The number of rotatable bonds is 4. The zero-order chi connectivity index (χ0) is 14.5. The van der Waals surface area contributed by atoms with Gasteiger partial charge in [-0.3, -0.25) is 19.9 Å². The number of nitro groups is 1. The lowest BCUT2D eigenvalue weighted by molar-refractivity contribution is -0.402. The Balaban J connectivity index is 1.99. The SMILES string of the molecule is O=C(NN=Cc1ccc([N+](=O)[O-])o1)c1cncc(Br)c1. The van der Waals surface area contributed by atoms with Gasteiger partial charge in [-0.15, -0.1) is 0 Å². The molecule has 1 amide bonds. The molecule has 0 fully saturated rings. The minimum Gasteiger partial charge on any atom is -0.400 e. The van der Waals surface area contributed by atoms with Gasteiger partial charge in [0.05, 0.1) is 17.8 Å². The summed E-state index contributed by atoms with van der Waals surface area (Å²) < 4.78 is 5.49. The summed E-state index contributed by atoms with van der Waals surface area (Å²) in [5.74, 6) is -0.700. The summed E-state index contributed by atoms with van der Waals surface area (Å²) in [5.41, 5.74) is 2.57. The van der Waals surface area contributed by atoms with E-state index >= 15 is 0 Å². The minimum absolute atomic E-state index is 0.157. The van der Waals surface area contributed by atoms with Gasteiger partial charge in [-0.1, -0.05) is 0 Å². The Morgan fingerprint density at radius 2 is 2.30 bits per heavy atom. The highest BCUT2D eigenvalue weighted by molar-refractivity contribution is 9.10. The molecule has 2 heterocycles. The standard InChI is InChI=1S/C11H7BrN4O4/c12-8-3-7(4-13-5-8)11(17)15-14-6-9-1-2-10(20-9)16(18)19/h1-6H,(H,15,17). The van der Waals surface area contributed by atoms with Crippen molar-refractivity contribution in [1.29, 1.82) is 0 Å². The van der Waals surface area contributed by atoms with Crippen LogP contribution in [-0.2, 0) is 0 Å². The van der Waals surface area contributed by atoms with Gasteiger partial charge in [0.25, 0.3) is 5.91 Å².